The van der Waals surface area contributed by atoms with Crippen LogP contribution in [0.1, 0.15) is 18.9 Å². The number of benzene rings is 1. The van der Waals surface area contributed by atoms with Gasteiger partial charge >= 0.3 is 11.9 Å². The summed E-state index contributed by atoms with van der Waals surface area (Å²) in [6, 6.07) is 2.19. The molecule has 0 radical (unpaired) electrons. The smallest absolute Gasteiger partial charge is 0.259 e. The van der Waals surface area contributed by atoms with E-state index in [0.29, 0.717) is 34.7 Å². The average molecular weight is 466 g/mol. The largest absolute Gasteiger partial charge is 0.416 e. The third-order valence-corrected chi connectivity index (χ3v) is 4.55. The fourth-order valence-corrected chi connectivity index (χ4v) is 3.16. The Morgan fingerprint density at radius 3 is 2.55 bits per heavy atom. The van der Waals surface area contributed by atoms with Crippen LogP contribution >= 0.6 is 11.8 Å². The zero-order chi connectivity index (χ0) is 23.3. The van der Waals surface area contributed by atoms with Gasteiger partial charge in [0.25, 0.3) is 6.43 Å². The molecule has 1 heterocycles. The van der Waals surface area contributed by atoms with E-state index in [9.17, 15) is 41.3 Å². The Balaban J connectivity index is 2.53. The monoisotopic (exact) mass is 466 g/mol. The van der Waals surface area contributed by atoms with Crippen molar-refractivity contribution in [3.05, 3.63) is 85.1 Å². The predicted octanol–water partition coefficient (Wildman–Crippen LogP) is 4.91. The molecule has 0 aliphatic heterocycles. The van der Waals surface area contributed by atoms with E-state index >= 15 is 0 Å². The molecule has 0 fully saturated rings. The van der Waals surface area contributed by atoms with Crippen molar-refractivity contribution in [3.8, 4) is 5.69 Å². The summed E-state index contributed by atoms with van der Waals surface area (Å²) in [5, 5.41) is 16.0. The number of alkyl halides is 5. The zero-order valence-corrected chi connectivity index (χ0v) is 16.2. The van der Waals surface area contributed by atoms with Gasteiger partial charge in [-0.05, 0) is 49.0 Å². The van der Waals surface area contributed by atoms with Crippen LogP contribution in [-0.4, -0.2) is 25.9 Å². The molecule has 0 bridgehead atoms. The van der Waals surface area contributed by atoms with E-state index in [4.69, 9.17) is 0 Å². The molecule has 2 aromatic rings. The SMILES string of the molecule is C\C=C(/C=C\C(=C\[N+](=O)[O-])Sc1n[nH]c(=O)n1-c1ccc(F)cc1C(F)F)C(F)(F)F. The van der Waals surface area contributed by atoms with Crippen LogP contribution in [-0.2, 0) is 0 Å². The molecule has 166 valence electrons. The highest BCUT2D eigenvalue weighted by Crippen LogP contribution is 2.32. The van der Waals surface area contributed by atoms with Gasteiger partial charge in [-0.2, -0.15) is 13.2 Å². The number of hydrogen-bond donors (Lipinski definition) is 1. The van der Waals surface area contributed by atoms with Crippen molar-refractivity contribution in [3.63, 3.8) is 0 Å². The predicted molar refractivity (Wildman–Crippen MR) is 99.0 cm³/mol. The van der Waals surface area contributed by atoms with Crippen LogP contribution < -0.4 is 5.69 Å². The number of aromatic amines is 1. The fraction of sp³-hybridized carbons (Fsp3) is 0.176. The molecule has 14 heteroatoms. The summed E-state index contributed by atoms with van der Waals surface area (Å²) < 4.78 is 79.2. The van der Waals surface area contributed by atoms with Crippen molar-refractivity contribution in [2.45, 2.75) is 24.7 Å². The van der Waals surface area contributed by atoms with Crippen LogP contribution in [0.3, 0.4) is 0 Å². The summed E-state index contributed by atoms with van der Waals surface area (Å²) in [6.45, 7) is 1.11. The summed E-state index contributed by atoms with van der Waals surface area (Å²) in [6.07, 6.45) is -5.47. The van der Waals surface area contributed by atoms with Crippen molar-refractivity contribution in [1.29, 1.82) is 0 Å². The standard InChI is InChI=1S/C17H12F6N4O3S/c1-2-9(17(21,22)23)3-5-11(8-26(29)30)31-16-25-24-15(28)27(16)13-6-4-10(18)7-12(13)14(19)20/h2-8,14H,1H3,(H,24,28)/b5-3-,9-2+,11-8-. The summed E-state index contributed by atoms with van der Waals surface area (Å²) in [4.78, 5) is 21.6. The molecule has 0 spiro atoms. The van der Waals surface area contributed by atoms with Gasteiger partial charge in [0.2, 0.25) is 11.4 Å². The highest BCUT2D eigenvalue weighted by Gasteiger charge is 2.31. The molecule has 0 aliphatic rings. The number of nitrogens with one attached hydrogen (secondary N) is 1. The lowest BCUT2D eigenvalue weighted by atomic mass is 10.2. The maximum absolute atomic E-state index is 13.4. The molecule has 0 amide bonds. The molecular weight excluding hydrogens is 454 g/mol. The van der Waals surface area contributed by atoms with Gasteiger partial charge in [-0.25, -0.2) is 27.6 Å². The second kappa shape index (κ2) is 9.68. The highest BCUT2D eigenvalue weighted by atomic mass is 32.2. The van der Waals surface area contributed by atoms with Crippen LogP contribution in [0, 0.1) is 15.9 Å². The molecule has 31 heavy (non-hydrogen) atoms. The van der Waals surface area contributed by atoms with Crippen molar-refractivity contribution in [1.82, 2.24) is 14.8 Å². The number of aromatic nitrogens is 3. The maximum Gasteiger partial charge on any atom is 0.416 e. The second-order valence-corrected chi connectivity index (χ2v) is 6.69. The maximum atomic E-state index is 13.4. The first-order valence-electron chi connectivity index (χ1n) is 8.14. The molecule has 0 unspecified atom stereocenters. The Kier molecular flexibility index (Phi) is 7.49. The third-order valence-electron chi connectivity index (χ3n) is 3.61. The van der Waals surface area contributed by atoms with Crippen molar-refractivity contribution in [2.75, 3.05) is 0 Å². The topological polar surface area (TPSA) is 93.8 Å². The van der Waals surface area contributed by atoms with Gasteiger partial charge in [0.05, 0.1) is 21.1 Å². The molecule has 0 atom stereocenters. The number of halogens is 6. The molecular formula is C17H12F6N4O3S. The first-order chi connectivity index (χ1) is 14.4. The lowest BCUT2D eigenvalue weighted by molar-refractivity contribution is -0.402. The Labute approximate surface area is 173 Å². The van der Waals surface area contributed by atoms with E-state index in [1.54, 1.807) is 0 Å². The van der Waals surface area contributed by atoms with Crippen LogP contribution in [0.4, 0.5) is 26.3 Å². The van der Waals surface area contributed by atoms with E-state index in [1.165, 1.54) is 0 Å². The number of thioether (sulfide) groups is 1. The zero-order valence-electron chi connectivity index (χ0n) is 15.4. The minimum atomic E-state index is -4.72. The molecule has 2 rings (SSSR count). The van der Waals surface area contributed by atoms with Gasteiger partial charge in [-0.3, -0.25) is 10.1 Å². The van der Waals surface area contributed by atoms with Crippen LogP contribution in [0.5, 0.6) is 0 Å². The number of H-pyrrole nitrogens is 1. The molecule has 1 aromatic carbocycles. The first-order valence-corrected chi connectivity index (χ1v) is 8.95. The van der Waals surface area contributed by atoms with E-state index < -0.39 is 55.9 Å². The minimum absolute atomic E-state index is 0.354. The van der Waals surface area contributed by atoms with Gasteiger partial charge in [-0.15, -0.1) is 5.10 Å². The van der Waals surface area contributed by atoms with E-state index in [0.717, 1.165) is 31.2 Å². The van der Waals surface area contributed by atoms with Crippen LogP contribution in [0.25, 0.3) is 5.69 Å². The van der Waals surface area contributed by atoms with Crippen LogP contribution in [0.15, 0.2) is 63.1 Å². The Bertz CT molecular complexity index is 1120. The quantitative estimate of drug-likeness (QED) is 0.206. The van der Waals surface area contributed by atoms with E-state index in [-0.39, 0.29) is 0 Å². The van der Waals surface area contributed by atoms with Gasteiger partial charge in [-0.1, -0.05) is 6.08 Å². The number of hydrogen-bond acceptors (Lipinski definition) is 5. The van der Waals surface area contributed by atoms with Crippen molar-refractivity contribution in [2.24, 2.45) is 0 Å². The lowest BCUT2D eigenvalue weighted by Crippen LogP contribution is -2.17. The number of allylic oxidation sites excluding steroid dienone is 4. The highest BCUT2D eigenvalue weighted by molar-refractivity contribution is 8.03. The fourth-order valence-electron chi connectivity index (χ4n) is 2.31. The van der Waals surface area contributed by atoms with Crippen LogP contribution in [0.2, 0.25) is 0 Å². The number of nitro groups is 1. The molecule has 0 saturated carbocycles. The summed E-state index contributed by atoms with van der Waals surface area (Å²) in [5.41, 5.74) is -3.43. The van der Waals surface area contributed by atoms with E-state index in [1.807, 2.05) is 5.10 Å². The van der Waals surface area contributed by atoms with Crippen molar-refractivity contribution >= 4 is 11.8 Å². The normalized spacial score (nSPS) is 13.4. The second-order valence-electron chi connectivity index (χ2n) is 5.64. The summed E-state index contributed by atoms with van der Waals surface area (Å²) in [7, 11) is 0. The number of rotatable bonds is 7. The summed E-state index contributed by atoms with van der Waals surface area (Å²) in [5.74, 6) is -0.993. The molecule has 0 saturated heterocycles. The van der Waals surface area contributed by atoms with E-state index in [2.05, 4.69) is 5.10 Å². The molecule has 1 aromatic heterocycles. The molecule has 7 nitrogen and oxygen atoms in total. The van der Waals surface area contributed by atoms with Gasteiger partial charge < -0.3 is 0 Å². The van der Waals surface area contributed by atoms with Crippen molar-refractivity contribution < 1.29 is 31.3 Å². The minimum Gasteiger partial charge on any atom is -0.259 e. The molecule has 1 N–H and O–H groups in total. The number of nitrogens with zero attached hydrogens (tertiary/aromatic N) is 3. The Hall–Kier alpha value is -3.29. The third kappa shape index (κ3) is 6.10. The molecule has 0 aliphatic carbocycles. The Morgan fingerprint density at radius 1 is 1.32 bits per heavy atom. The van der Waals surface area contributed by atoms with Gasteiger partial charge in [0, 0.05) is 5.56 Å². The lowest BCUT2D eigenvalue weighted by Gasteiger charge is -2.11. The Morgan fingerprint density at radius 2 is 2.00 bits per heavy atom. The summed E-state index contributed by atoms with van der Waals surface area (Å²) >= 11 is 0.367. The van der Waals surface area contributed by atoms with Gasteiger partial charge in [0.15, 0.2) is 0 Å². The first kappa shape index (κ1) is 24.0. The average Bonchev–Trinajstić information content (AvgIpc) is 3.00. The van der Waals surface area contributed by atoms with Gasteiger partial charge in [0.1, 0.15) is 5.82 Å².